The molecule has 0 aliphatic rings. The number of benzene rings is 1. The van der Waals surface area contributed by atoms with Crippen molar-refractivity contribution in [2.45, 2.75) is 33.9 Å². The van der Waals surface area contributed by atoms with Gasteiger partial charge in [-0.1, -0.05) is 19.1 Å². The summed E-state index contributed by atoms with van der Waals surface area (Å²) in [4.78, 5) is 2.26. The molecule has 2 rings (SSSR count). The topological polar surface area (TPSA) is 30.3 Å². The van der Waals surface area contributed by atoms with Crippen molar-refractivity contribution in [3.8, 4) is 5.75 Å². The second kappa shape index (κ2) is 6.92. The van der Waals surface area contributed by atoms with E-state index in [2.05, 4.69) is 23.8 Å². The maximum Gasteiger partial charge on any atom is 0.165 e. The number of aryl methyl sites for hydroxylation is 2. The number of para-hydroxylation sites is 1. The van der Waals surface area contributed by atoms with E-state index >= 15 is 0 Å². The molecule has 22 heavy (non-hydrogen) atoms. The normalized spacial score (nSPS) is 11.2. The van der Waals surface area contributed by atoms with E-state index in [4.69, 9.17) is 4.74 Å². The zero-order valence-corrected chi connectivity index (χ0v) is 14.0. The van der Waals surface area contributed by atoms with Crippen LogP contribution in [-0.2, 0) is 20.1 Å². The van der Waals surface area contributed by atoms with Gasteiger partial charge in [-0.25, -0.2) is 4.39 Å². The Hall–Kier alpha value is -1.88. The SMILES string of the molecule is CCN(Cc1cccc(F)c1OC)Cc1c(C)nn(C)c1C. The second-order valence-corrected chi connectivity index (χ2v) is 5.51. The standard InChI is InChI=1S/C17H24FN3O/c1-6-21(11-15-12(2)19-20(4)13(15)3)10-14-8-7-9-16(18)17(14)22-5/h7-9H,6,10-11H2,1-5H3. The minimum atomic E-state index is -0.315. The molecule has 2 aromatic rings. The van der Waals surface area contributed by atoms with Crippen LogP contribution >= 0.6 is 0 Å². The molecular weight excluding hydrogens is 281 g/mol. The highest BCUT2D eigenvalue weighted by molar-refractivity contribution is 5.35. The van der Waals surface area contributed by atoms with E-state index in [1.54, 1.807) is 6.07 Å². The number of methoxy groups -OCH3 is 1. The molecule has 5 heteroatoms. The van der Waals surface area contributed by atoms with Crippen molar-refractivity contribution in [3.63, 3.8) is 0 Å². The first-order valence-electron chi connectivity index (χ1n) is 7.50. The maximum atomic E-state index is 13.8. The number of nitrogens with zero attached hydrogens (tertiary/aromatic N) is 3. The molecule has 1 aromatic heterocycles. The predicted molar refractivity (Wildman–Crippen MR) is 85.4 cm³/mol. The molecule has 0 fully saturated rings. The Bertz CT molecular complexity index is 652. The zero-order valence-electron chi connectivity index (χ0n) is 14.0. The van der Waals surface area contributed by atoms with E-state index in [9.17, 15) is 4.39 Å². The van der Waals surface area contributed by atoms with Crippen LogP contribution in [-0.4, -0.2) is 28.3 Å². The van der Waals surface area contributed by atoms with E-state index in [-0.39, 0.29) is 5.82 Å². The van der Waals surface area contributed by atoms with Crippen molar-refractivity contribution >= 4 is 0 Å². The van der Waals surface area contributed by atoms with Gasteiger partial charge in [-0.15, -0.1) is 0 Å². The summed E-state index contributed by atoms with van der Waals surface area (Å²) in [7, 11) is 3.46. The first-order chi connectivity index (χ1) is 10.5. The molecule has 0 spiro atoms. The molecule has 0 radical (unpaired) electrons. The van der Waals surface area contributed by atoms with Gasteiger partial charge >= 0.3 is 0 Å². The van der Waals surface area contributed by atoms with Crippen LogP contribution in [0.5, 0.6) is 5.75 Å². The number of rotatable bonds is 6. The van der Waals surface area contributed by atoms with Gasteiger partial charge < -0.3 is 4.74 Å². The molecule has 0 aliphatic heterocycles. The average Bonchev–Trinajstić information content (AvgIpc) is 2.73. The minimum Gasteiger partial charge on any atom is -0.493 e. The fourth-order valence-electron chi connectivity index (χ4n) is 2.70. The van der Waals surface area contributed by atoms with Crippen LogP contribution in [0, 0.1) is 19.7 Å². The molecule has 0 unspecified atom stereocenters. The van der Waals surface area contributed by atoms with Gasteiger partial charge in [0, 0.05) is 37.0 Å². The van der Waals surface area contributed by atoms with Crippen LogP contribution in [0.15, 0.2) is 18.2 Å². The third-order valence-electron chi connectivity index (χ3n) is 4.13. The summed E-state index contributed by atoms with van der Waals surface area (Å²) in [6.45, 7) is 8.51. The average molecular weight is 305 g/mol. The molecule has 0 bridgehead atoms. The highest BCUT2D eigenvalue weighted by Gasteiger charge is 2.16. The van der Waals surface area contributed by atoms with Crippen molar-refractivity contribution in [1.82, 2.24) is 14.7 Å². The molecular formula is C17H24FN3O. The van der Waals surface area contributed by atoms with E-state index in [0.717, 1.165) is 24.3 Å². The summed E-state index contributed by atoms with van der Waals surface area (Å²) in [5.74, 6) is 0.0189. The fraction of sp³-hybridized carbons (Fsp3) is 0.471. The van der Waals surface area contributed by atoms with Crippen molar-refractivity contribution in [2.75, 3.05) is 13.7 Å². The highest BCUT2D eigenvalue weighted by atomic mass is 19.1. The lowest BCUT2D eigenvalue weighted by molar-refractivity contribution is 0.263. The lowest BCUT2D eigenvalue weighted by Gasteiger charge is -2.22. The molecule has 0 aliphatic carbocycles. The van der Waals surface area contributed by atoms with Crippen molar-refractivity contribution in [1.29, 1.82) is 0 Å². The molecule has 4 nitrogen and oxygen atoms in total. The Morgan fingerprint density at radius 2 is 2.00 bits per heavy atom. The molecule has 0 atom stereocenters. The third kappa shape index (κ3) is 3.30. The molecule has 120 valence electrons. The van der Waals surface area contributed by atoms with Gasteiger partial charge in [0.05, 0.1) is 12.8 Å². The van der Waals surface area contributed by atoms with Crippen LogP contribution in [0.1, 0.15) is 29.4 Å². The van der Waals surface area contributed by atoms with Crippen molar-refractivity contribution < 1.29 is 9.13 Å². The number of halogens is 1. The van der Waals surface area contributed by atoms with Crippen molar-refractivity contribution in [3.05, 3.63) is 46.5 Å². The van der Waals surface area contributed by atoms with Crippen molar-refractivity contribution in [2.24, 2.45) is 7.05 Å². The van der Waals surface area contributed by atoms with Gasteiger partial charge in [0.25, 0.3) is 0 Å². The van der Waals surface area contributed by atoms with E-state index < -0.39 is 0 Å². The Kier molecular flexibility index (Phi) is 5.19. The van der Waals surface area contributed by atoms with Crippen LogP contribution < -0.4 is 4.74 Å². The number of aromatic nitrogens is 2. The van der Waals surface area contributed by atoms with E-state index in [0.29, 0.717) is 12.3 Å². The summed E-state index contributed by atoms with van der Waals surface area (Å²) in [5, 5.41) is 4.46. The zero-order chi connectivity index (χ0) is 16.3. The molecule has 0 saturated carbocycles. The van der Waals surface area contributed by atoms with E-state index in [1.165, 1.54) is 24.4 Å². The maximum absolute atomic E-state index is 13.8. The predicted octanol–water partition coefficient (Wildman–Crippen LogP) is 3.21. The Morgan fingerprint density at radius 3 is 2.55 bits per heavy atom. The van der Waals surface area contributed by atoms with Crippen LogP contribution in [0.4, 0.5) is 4.39 Å². The quantitative estimate of drug-likeness (QED) is 0.821. The van der Waals surface area contributed by atoms with Crippen LogP contribution in [0.3, 0.4) is 0 Å². The van der Waals surface area contributed by atoms with Gasteiger partial charge in [-0.2, -0.15) is 5.10 Å². The second-order valence-electron chi connectivity index (χ2n) is 5.51. The molecule has 1 heterocycles. The Balaban J connectivity index is 2.21. The van der Waals surface area contributed by atoms with Gasteiger partial charge in [-0.3, -0.25) is 9.58 Å². The highest BCUT2D eigenvalue weighted by Crippen LogP contribution is 2.25. The number of ether oxygens (including phenoxy) is 1. The van der Waals surface area contributed by atoms with Gasteiger partial charge in [-0.05, 0) is 26.5 Å². The minimum absolute atomic E-state index is 0.315. The van der Waals surface area contributed by atoms with E-state index in [1.807, 2.05) is 24.7 Å². The number of hydrogen-bond acceptors (Lipinski definition) is 3. The fourth-order valence-corrected chi connectivity index (χ4v) is 2.70. The van der Waals surface area contributed by atoms with Gasteiger partial charge in [0.15, 0.2) is 11.6 Å². The first kappa shape index (κ1) is 16.5. The Morgan fingerprint density at radius 1 is 1.27 bits per heavy atom. The molecule has 0 saturated heterocycles. The largest absolute Gasteiger partial charge is 0.493 e. The van der Waals surface area contributed by atoms with Gasteiger partial charge in [0.1, 0.15) is 0 Å². The Labute approximate surface area is 131 Å². The third-order valence-corrected chi connectivity index (χ3v) is 4.13. The van der Waals surface area contributed by atoms with Gasteiger partial charge in [0.2, 0.25) is 0 Å². The lowest BCUT2D eigenvalue weighted by atomic mass is 10.1. The summed E-state index contributed by atoms with van der Waals surface area (Å²) in [6, 6.07) is 5.06. The molecule has 0 N–H and O–H groups in total. The summed E-state index contributed by atoms with van der Waals surface area (Å²) in [6.07, 6.45) is 0. The van der Waals surface area contributed by atoms with Crippen LogP contribution in [0.25, 0.3) is 0 Å². The first-order valence-corrected chi connectivity index (χ1v) is 7.50. The molecule has 1 aromatic carbocycles. The molecule has 0 amide bonds. The lowest BCUT2D eigenvalue weighted by Crippen LogP contribution is -2.23. The monoisotopic (exact) mass is 305 g/mol. The summed E-state index contributed by atoms with van der Waals surface area (Å²) in [5.41, 5.74) is 4.31. The van der Waals surface area contributed by atoms with Crippen LogP contribution in [0.2, 0.25) is 0 Å². The summed E-state index contributed by atoms with van der Waals surface area (Å²) >= 11 is 0. The number of hydrogen-bond donors (Lipinski definition) is 0. The summed E-state index contributed by atoms with van der Waals surface area (Å²) < 4.78 is 20.9. The smallest absolute Gasteiger partial charge is 0.165 e.